The van der Waals surface area contributed by atoms with Crippen molar-refractivity contribution in [3.05, 3.63) is 34.9 Å². The van der Waals surface area contributed by atoms with Crippen LogP contribution >= 0.6 is 0 Å². The molecule has 0 aliphatic rings. The van der Waals surface area contributed by atoms with E-state index in [4.69, 9.17) is 10.5 Å². The van der Waals surface area contributed by atoms with Crippen LogP contribution in [-0.2, 0) is 11.3 Å². The molecular formula is C13H19NO2. The van der Waals surface area contributed by atoms with Crippen LogP contribution in [0.3, 0.4) is 0 Å². The Labute approximate surface area is 96.6 Å². The third kappa shape index (κ3) is 3.35. The summed E-state index contributed by atoms with van der Waals surface area (Å²) in [6, 6.07) is 5.58. The molecule has 3 nitrogen and oxygen atoms in total. The van der Waals surface area contributed by atoms with Crippen molar-refractivity contribution in [2.75, 3.05) is 6.61 Å². The molecule has 88 valence electrons. The maximum atomic E-state index is 11.7. The summed E-state index contributed by atoms with van der Waals surface area (Å²) in [6.45, 7) is 4.95. The largest absolute Gasteiger partial charge is 0.462 e. The molecule has 0 aromatic heterocycles. The molecular weight excluding hydrogens is 202 g/mol. The predicted octanol–water partition coefficient (Wildman–Crippen LogP) is 2.41. The van der Waals surface area contributed by atoms with E-state index < -0.39 is 0 Å². The van der Waals surface area contributed by atoms with Gasteiger partial charge in [-0.1, -0.05) is 25.5 Å². The van der Waals surface area contributed by atoms with Crippen molar-refractivity contribution in [2.24, 2.45) is 5.73 Å². The molecule has 1 aromatic carbocycles. The Morgan fingerprint density at radius 1 is 1.44 bits per heavy atom. The van der Waals surface area contributed by atoms with Gasteiger partial charge in [0.1, 0.15) is 0 Å². The van der Waals surface area contributed by atoms with Gasteiger partial charge in [-0.25, -0.2) is 4.79 Å². The van der Waals surface area contributed by atoms with E-state index in [9.17, 15) is 4.79 Å². The predicted molar refractivity (Wildman–Crippen MR) is 64.3 cm³/mol. The number of esters is 1. The van der Waals surface area contributed by atoms with Crippen molar-refractivity contribution < 1.29 is 9.53 Å². The van der Waals surface area contributed by atoms with Crippen molar-refractivity contribution in [3.8, 4) is 0 Å². The van der Waals surface area contributed by atoms with Crippen molar-refractivity contribution >= 4 is 5.97 Å². The number of carbonyl (C=O) groups excluding carboxylic acids is 1. The van der Waals surface area contributed by atoms with Gasteiger partial charge < -0.3 is 10.5 Å². The van der Waals surface area contributed by atoms with Gasteiger partial charge in [0.15, 0.2) is 0 Å². The van der Waals surface area contributed by atoms with Gasteiger partial charge in [0.05, 0.1) is 12.2 Å². The molecule has 0 radical (unpaired) electrons. The van der Waals surface area contributed by atoms with Crippen molar-refractivity contribution in [3.63, 3.8) is 0 Å². The zero-order valence-corrected chi connectivity index (χ0v) is 9.95. The highest BCUT2D eigenvalue weighted by Gasteiger charge is 2.10. The van der Waals surface area contributed by atoms with Gasteiger partial charge >= 0.3 is 5.97 Å². The van der Waals surface area contributed by atoms with Crippen molar-refractivity contribution in [1.82, 2.24) is 0 Å². The third-order valence-electron chi connectivity index (χ3n) is 2.48. The fourth-order valence-electron chi connectivity index (χ4n) is 1.47. The molecule has 2 N–H and O–H groups in total. The highest BCUT2D eigenvalue weighted by molar-refractivity contribution is 5.91. The molecule has 1 rings (SSSR count). The lowest BCUT2D eigenvalue weighted by atomic mass is 10.1. The topological polar surface area (TPSA) is 52.3 Å². The van der Waals surface area contributed by atoms with E-state index in [2.05, 4.69) is 6.92 Å². The molecule has 0 heterocycles. The van der Waals surface area contributed by atoms with Gasteiger partial charge in [-0.05, 0) is 30.5 Å². The zero-order valence-electron chi connectivity index (χ0n) is 9.95. The molecule has 0 aliphatic heterocycles. The quantitative estimate of drug-likeness (QED) is 0.613. The van der Waals surface area contributed by atoms with E-state index in [1.165, 1.54) is 0 Å². The lowest BCUT2D eigenvalue weighted by Crippen LogP contribution is -2.09. The second-order valence-electron chi connectivity index (χ2n) is 3.84. The summed E-state index contributed by atoms with van der Waals surface area (Å²) in [4.78, 5) is 11.7. The van der Waals surface area contributed by atoms with E-state index in [0.29, 0.717) is 18.7 Å². The molecule has 0 atom stereocenters. The Hall–Kier alpha value is -1.35. The normalized spacial score (nSPS) is 10.2. The van der Waals surface area contributed by atoms with Gasteiger partial charge in [0.25, 0.3) is 0 Å². The number of aryl methyl sites for hydroxylation is 1. The maximum absolute atomic E-state index is 11.7. The van der Waals surface area contributed by atoms with Gasteiger partial charge in [-0.3, -0.25) is 0 Å². The van der Waals surface area contributed by atoms with E-state index in [1.54, 1.807) is 6.07 Å². The third-order valence-corrected chi connectivity index (χ3v) is 2.48. The van der Waals surface area contributed by atoms with Crippen LogP contribution in [0.15, 0.2) is 18.2 Å². The molecule has 0 bridgehead atoms. The summed E-state index contributed by atoms with van der Waals surface area (Å²) in [5, 5.41) is 0. The summed E-state index contributed by atoms with van der Waals surface area (Å²) in [5.41, 5.74) is 8.11. The molecule has 16 heavy (non-hydrogen) atoms. The fourth-order valence-corrected chi connectivity index (χ4v) is 1.47. The smallest absolute Gasteiger partial charge is 0.338 e. The molecule has 0 spiro atoms. The lowest BCUT2D eigenvalue weighted by Gasteiger charge is -2.07. The minimum Gasteiger partial charge on any atom is -0.462 e. The fraction of sp³-hybridized carbons (Fsp3) is 0.462. The second kappa shape index (κ2) is 6.28. The first-order chi connectivity index (χ1) is 7.69. The van der Waals surface area contributed by atoms with Crippen molar-refractivity contribution in [1.29, 1.82) is 0 Å². The van der Waals surface area contributed by atoms with Crippen LogP contribution in [0.2, 0.25) is 0 Å². The number of benzene rings is 1. The Kier molecular flexibility index (Phi) is 4.99. The summed E-state index contributed by atoms with van der Waals surface area (Å²) >= 11 is 0. The summed E-state index contributed by atoms with van der Waals surface area (Å²) in [5.74, 6) is -0.241. The zero-order chi connectivity index (χ0) is 12.0. The van der Waals surface area contributed by atoms with Crippen LogP contribution in [0, 0.1) is 6.92 Å². The van der Waals surface area contributed by atoms with Gasteiger partial charge in [0, 0.05) is 6.54 Å². The molecule has 0 saturated heterocycles. The SMILES string of the molecule is CCCCOC(=O)c1ccc(CN)cc1C. The summed E-state index contributed by atoms with van der Waals surface area (Å²) in [6.07, 6.45) is 1.93. The lowest BCUT2D eigenvalue weighted by molar-refractivity contribution is 0.0499. The number of nitrogens with two attached hydrogens (primary N) is 1. The average molecular weight is 221 g/mol. The minimum atomic E-state index is -0.241. The first-order valence-corrected chi connectivity index (χ1v) is 5.65. The van der Waals surface area contributed by atoms with Crippen LogP contribution in [-0.4, -0.2) is 12.6 Å². The first-order valence-electron chi connectivity index (χ1n) is 5.65. The summed E-state index contributed by atoms with van der Waals surface area (Å²) < 4.78 is 5.15. The molecule has 3 heteroatoms. The molecule has 0 aliphatic carbocycles. The van der Waals surface area contributed by atoms with E-state index in [-0.39, 0.29) is 5.97 Å². The van der Waals surface area contributed by atoms with Crippen molar-refractivity contribution in [2.45, 2.75) is 33.2 Å². The van der Waals surface area contributed by atoms with E-state index >= 15 is 0 Å². The first kappa shape index (κ1) is 12.7. The Morgan fingerprint density at radius 2 is 2.19 bits per heavy atom. The van der Waals surface area contributed by atoms with Crippen LogP contribution in [0.5, 0.6) is 0 Å². The molecule has 0 unspecified atom stereocenters. The van der Waals surface area contributed by atoms with Gasteiger partial charge in [0.2, 0.25) is 0 Å². The Morgan fingerprint density at radius 3 is 2.75 bits per heavy atom. The molecule has 1 aromatic rings. The van der Waals surface area contributed by atoms with E-state index in [1.807, 2.05) is 19.1 Å². The number of unbranched alkanes of at least 4 members (excludes halogenated alkanes) is 1. The Bertz CT molecular complexity index is 361. The van der Waals surface area contributed by atoms with Crippen LogP contribution in [0.4, 0.5) is 0 Å². The van der Waals surface area contributed by atoms with Gasteiger partial charge in [-0.2, -0.15) is 0 Å². The standard InChI is InChI=1S/C13H19NO2/c1-3-4-7-16-13(15)12-6-5-11(9-14)8-10(12)2/h5-6,8H,3-4,7,9,14H2,1-2H3. The monoisotopic (exact) mass is 221 g/mol. The van der Waals surface area contributed by atoms with Crippen LogP contribution in [0.1, 0.15) is 41.3 Å². The second-order valence-corrected chi connectivity index (χ2v) is 3.84. The molecule has 0 amide bonds. The van der Waals surface area contributed by atoms with Gasteiger partial charge in [-0.15, -0.1) is 0 Å². The average Bonchev–Trinajstić information content (AvgIpc) is 2.29. The number of hydrogen-bond acceptors (Lipinski definition) is 3. The minimum absolute atomic E-state index is 0.241. The van der Waals surface area contributed by atoms with Crippen LogP contribution < -0.4 is 5.73 Å². The summed E-state index contributed by atoms with van der Waals surface area (Å²) in [7, 11) is 0. The maximum Gasteiger partial charge on any atom is 0.338 e. The number of hydrogen-bond donors (Lipinski definition) is 1. The van der Waals surface area contributed by atoms with E-state index in [0.717, 1.165) is 24.0 Å². The highest BCUT2D eigenvalue weighted by Crippen LogP contribution is 2.12. The number of ether oxygens (including phenoxy) is 1. The van der Waals surface area contributed by atoms with Crippen LogP contribution in [0.25, 0.3) is 0 Å². The Balaban J connectivity index is 2.68. The molecule has 0 saturated carbocycles. The number of carbonyl (C=O) groups is 1. The highest BCUT2D eigenvalue weighted by atomic mass is 16.5. The molecule has 0 fully saturated rings. The number of rotatable bonds is 5.